The average Bonchev–Trinajstić information content (AvgIpc) is 3.31. The van der Waals surface area contributed by atoms with Crippen LogP contribution in [0.2, 0.25) is 5.02 Å². The van der Waals surface area contributed by atoms with Crippen LogP contribution in [0, 0.1) is 11.7 Å². The number of pyridine rings is 1. The highest BCUT2D eigenvalue weighted by molar-refractivity contribution is 6.30. The predicted molar refractivity (Wildman–Crippen MR) is 121 cm³/mol. The van der Waals surface area contributed by atoms with Crippen LogP contribution < -0.4 is 9.47 Å². The summed E-state index contributed by atoms with van der Waals surface area (Å²) in [5.41, 5.74) is 1.18. The smallest absolute Gasteiger partial charge is 0.306 e. The van der Waals surface area contributed by atoms with Crippen molar-refractivity contribution >= 4 is 23.4 Å². The quantitative estimate of drug-likeness (QED) is 0.425. The summed E-state index contributed by atoms with van der Waals surface area (Å²) in [5.74, 6) is -1.43. The predicted octanol–water partition coefficient (Wildman–Crippen LogP) is 4.30. The molecule has 0 saturated heterocycles. The molecule has 1 aliphatic carbocycles. The van der Waals surface area contributed by atoms with E-state index in [0.29, 0.717) is 42.7 Å². The third kappa shape index (κ3) is 6.13. The zero-order valence-corrected chi connectivity index (χ0v) is 19.6. The van der Waals surface area contributed by atoms with Crippen molar-refractivity contribution < 1.29 is 33.0 Å². The number of ketones is 1. The molecule has 1 N–H and O–H groups in total. The third-order valence-electron chi connectivity index (χ3n) is 5.81. The fraction of sp³-hybridized carbons (Fsp3) is 0.375. The van der Waals surface area contributed by atoms with Crippen LogP contribution >= 0.6 is 11.6 Å². The van der Waals surface area contributed by atoms with E-state index < -0.39 is 17.6 Å². The number of hydrogen-bond acceptors (Lipinski definition) is 8. The largest absolute Gasteiger partial charge is 0.481 e. The van der Waals surface area contributed by atoms with Gasteiger partial charge >= 0.3 is 5.97 Å². The number of Topliss-reactive ketones (excluding diaryl/α,β-unsaturated/α-hetero) is 1. The Morgan fingerprint density at radius 3 is 2.63 bits per heavy atom. The molecule has 9 nitrogen and oxygen atoms in total. The number of ether oxygens (including phenoxy) is 2. The number of rotatable bonds is 9. The number of aromatic nitrogens is 3. The summed E-state index contributed by atoms with van der Waals surface area (Å²) in [4.78, 5) is 28.2. The van der Waals surface area contributed by atoms with Gasteiger partial charge in [0.05, 0.1) is 24.5 Å². The SMILES string of the molecule is COc1nc(OC2CCC(C(=O)O)CC2)ccc1CC(=O)c1nnc(Cc2ccc(F)c(Cl)c2)o1. The first-order valence-corrected chi connectivity index (χ1v) is 11.4. The van der Waals surface area contributed by atoms with E-state index in [4.69, 9.17) is 30.6 Å². The van der Waals surface area contributed by atoms with Crippen LogP contribution in [0.4, 0.5) is 4.39 Å². The number of halogens is 2. The van der Waals surface area contributed by atoms with Gasteiger partial charge in [-0.05, 0) is 49.4 Å². The van der Waals surface area contributed by atoms with Gasteiger partial charge in [-0.25, -0.2) is 4.39 Å². The van der Waals surface area contributed by atoms with Gasteiger partial charge in [0, 0.05) is 18.1 Å². The lowest BCUT2D eigenvalue weighted by molar-refractivity contribution is -0.143. The van der Waals surface area contributed by atoms with Gasteiger partial charge in [-0.3, -0.25) is 9.59 Å². The van der Waals surface area contributed by atoms with Crippen LogP contribution in [-0.2, 0) is 17.6 Å². The molecule has 11 heteroatoms. The fourth-order valence-electron chi connectivity index (χ4n) is 3.94. The Morgan fingerprint density at radius 2 is 1.94 bits per heavy atom. The van der Waals surface area contributed by atoms with E-state index in [1.54, 1.807) is 18.2 Å². The second kappa shape index (κ2) is 10.8. The first-order valence-electron chi connectivity index (χ1n) is 11.0. The van der Waals surface area contributed by atoms with Crippen LogP contribution in [0.1, 0.15) is 53.4 Å². The van der Waals surface area contributed by atoms with Crippen molar-refractivity contribution in [2.24, 2.45) is 5.92 Å². The monoisotopic (exact) mass is 503 g/mol. The Labute approximate surface area is 205 Å². The van der Waals surface area contributed by atoms with Crippen molar-refractivity contribution in [3.63, 3.8) is 0 Å². The lowest BCUT2D eigenvalue weighted by Crippen LogP contribution is -2.28. The minimum Gasteiger partial charge on any atom is -0.481 e. The number of nitrogens with zero attached hydrogens (tertiary/aromatic N) is 3. The van der Waals surface area contributed by atoms with E-state index in [1.165, 1.54) is 19.2 Å². The van der Waals surface area contributed by atoms with Crippen LogP contribution in [0.3, 0.4) is 0 Å². The summed E-state index contributed by atoms with van der Waals surface area (Å²) in [6.45, 7) is 0. The van der Waals surface area contributed by atoms with E-state index in [9.17, 15) is 14.0 Å². The molecule has 0 radical (unpaired) electrons. The second-order valence-electron chi connectivity index (χ2n) is 8.27. The number of aliphatic carboxylic acids is 1. The van der Waals surface area contributed by atoms with E-state index in [1.807, 2.05) is 0 Å². The first kappa shape index (κ1) is 24.6. The van der Waals surface area contributed by atoms with Crippen LogP contribution in [0.5, 0.6) is 11.8 Å². The van der Waals surface area contributed by atoms with Gasteiger partial charge in [-0.2, -0.15) is 4.98 Å². The van der Waals surface area contributed by atoms with Gasteiger partial charge in [-0.15, -0.1) is 10.2 Å². The molecule has 0 unspecified atom stereocenters. The zero-order chi connectivity index (χ0) is 24.9. The molecule has 35 heavy (non-hydrogen) atoms. The number of carboxylic acid groups (broad SMARTS) is 1. The molecule has 0 atom stereocenters. The molecule has 1 aromatic carbocycles. The Hall–Kier alpha value is -3.53. The van der Waals surface area contributed by atoms with E-state index in [0.717, 1.165) is 0 Å². The summed E-state index contributed by atoms with van der Waals surface area (Å²) in [5, 5.41) is 16.8. The second-order valence-corrected chi connectivity index (χ2v) is 8.68. The maximum atomic E-state index is 13.3. The van der Waals surface area contributed by atoms with Crippen LogP contribution in [0.25, 0.3) is 0 Å². The highest BCUT2D eigenvalue weighted by atomic mass is 35.5. The molecule has 0 spiro atoms. The molecule has 4 rings (SSSR count). The Balaban J connectivity index is 1.37. The topological polar surface area (TPSA) is 125 Å². The number of methoxy groups -OCH3 is 1. The van der Waals surface area contributed by atoms with Gasteiger partial charge in [-0.1, -0.05) is 17.7 Å². The van der Waals surface area contributed by atoms with E-state index >= 15 is 0 Å². The van der Waals surface area contributed by atoms with Gasteiger partial charge in [0.15, 0.2) is 0 Å². The molecule has 184 valence electrons. The summed E-state index contributed by atoms with van der Waals surface area (Å²) in [7, 11) is 1.44. The molecule has 0 bridgehead atoms. The highest BCUT2D eigenvalue weighted by Crippen LogP contribution is 2.29. The minimum atomic E-state index is -0.773. The summed E-state index contributed by atoms with van der Waals surface area (Å²) in [6, 6.07) is 7.57. The van der Waals surface area contributed by atoms with Crippen molar-refractivity contribution in [2.75, 3.05) is 7.11 Å². The van der Waals surface area contributed by atoms with Crippen molar-refractivity contribution in [2.45, 2.75) is 44.6 Å². The Kier molecular flexibility index (Phi) is 7.60. The van der Waals surface area contributed by atoms with Crippen molar-refractivity contribution in [1.82, 2.24) is 15.2 Å². The molecule has 1 saturated carbocycles. The molecule has 2 aromatic heterocycles. The Morgan fingerprint density at radius 1 is 1.17 bits per heavy atom. The molecule has 0 aliphatic heterocycles. The van der Waals surface area contributed by atoms with E-state index in [2.05, 4.69) is 15.2 Å². The highest BCUT2D eigenvalue weighted by Gasteiger charge is 2.27. The van der Waals surface area contributed by atoms with Crippen LogP contribution in [-0.4, -0.2) is 45.3 Å². The number of carbonyl (C=O) groups excluding carboxylic acids is 1. The molecular weight excluding hydrogens is 481 g/mol. The van der Waals surface area contributed by atoms with Gasteiger partial charge in [0.25, 0.3) is 5.89 Å². The summed E-state index contributed by atoms with van der Waals surface area (Å²) >= 11 is 5.79. The number of carbonyl (C=O) groups is 2. The number of carboxylic acids is 1. The molecular formula is C24H23ClFN3O6. The average molecular weight is 504 g/mol. The lowest BCUT2D eigenvalue weighted by atomic mass is 9.87. The fourth-order valence-corrected chi connectivity index (χ4v) is 4.14. The molecule has 1 fully saturated rings. The van der Waals surface area contributed by atoms with Crippen LogP contribution in [0.15, 0.2) is 34.7 Å². The van der Waals surface area contributed by atoms with Gasteiger partial charge in [0.2, 0.25) is 23.4 Å². The maximum absolute atomic E-state index is 13.3. The standard InChI is InChI=1S/C24H23ClFN3O6/c1-33-22-15(5-9-20(27-22)34-16-6-3-14(4-7-16)24(31)32)12-19(30)23-29-28-21(35-23)11-13-2-8-18(26)17(25)10-13/h2,5,8-10,14,16H,3-4,6-7,11-12H2,1H3,(H,31,32). The van der Waals surface area contributed by atoms with Gasteiger partial charge in [0.1, 0.15) is 11.9 Å². The van der Waals surface area contributed by atoms with E-state index in [-0.39, 0.29) is 47.5 Å². The zero-order valence-electron chi connectivity index (χ0n) is 18.9. The molecule has 1 aliphatic rings. The Bertz CT molecular complexity index is 1230. The minimum absolute atomic E-state index is 0.0155. The normalized spacial score (nSPS) is 17.7. The van der Waals surface area contributed by atoms with Gasteiger partial charge < -0.3 is 19.0 Å². The van der Waals surface area contributed by atoms with Crippen molar-refractivity contribution in [3.05, 3.63) is 64.1 Å². The molecule has 0 amide bonds. The first-order chi connectivity index (χ1) is 16.8. The maximum Gasteiger partial charge on any atom is 0.306 e. The van der Waals surface area contributed by atoms with Crippen molar-refractivity contribution in [3.8, 4) is 11.8 Å². The summed E-state index contributed by atoms with van der Waals surface area (Å²) in [6.07, 6.45) is 2.38. The summed E-state index contributed by atoms with van der Waals surface area (Å²) < 4.78 is 30.0. The third-order valence-corrected chi connectivity index (χ3v) is 6.10. The van der Waals surface area contributed by atoms with Crippen molar-refractivity contribution in [1.29, 1.82) is 0 Å². The molecule has 3 aromatic rings. The number of hydrogen-bond donors (Lipinski definition) is 1. The number of benzene rings is 1. The molecule has 2 heterocycles. The lowest BCUT2D eigenvalue weighted by Gasteiger charge is -2.26.